The van der Waals surface area contributed by atoms with Gasteiger partial charge in [0.2, 0.25) is 0 Å². The Bertz CT molecular complexity index is 488. The summed E-state index contributed by atoms with van der Waals surface area (Å²) in [5, 5.41) is 0. The maximum absolute atomic E-state index is 5.59. The number of anilines is 2. The van der Waals surface area contributed by atoms with Crippen molar-refractivity contribution in [3.63, 3.8) is 0 Å². The molecule has 0 spiro atoms. The summed E-state index contributed by atoms with van der Waals surface area (Å²) < 4.78 is 0. The van der Waals surface area contributed by atoms with Gasteiger partial charge in [-0.2, -0.15) is 0 Å². The molecule has 2 N–H and O–H groups in total. The quantitative estimate of drug-likeness (QED) is 0.894. The lowest BCUT2D eigenvalue weighted by atomic mass is 10.2. The lowest BCUT2D eigenvalue weighted by Gasteiger charge is -2.23. The third-order valence-electron chi connectivity index (χ3n) is 3.00. The van der Waals surface area contributed by atoms with Gasteiger partial charge in [0, 0.05) is 25.0 Å². The molecule has 18 heavy (non-hydrogen) atoms. The number of pyridine rings is 1. The summed E-state index contributed by atoms with van der Waals surface area (Å²) >= 11 is 0. The highest BCUT2D eigenvalue weighted by molar-refractivity contribution is 5.48. The van der Waals surface area contributed by atoms with Crippen molar-refractivity contribution >= 4 is 11.5 Å². The number of aromatic nitrogens is 1. The van der Waals surface area contributed by atoms with Crippen LogP contribution in [0, 0.1) is 6.92 Å². The van der Waals surface area contributed by atoms with E-state index in [1.807, 2.05) is 18.3 Å². The van der Waals surface area contributed by atoms with Gasteiger partial charge in [0.15, 0.2) is 0 Å². The molecule has 0 fully saturated rings. The molecular weight excluding hydrogens is 222 g/mol. The summed E-state index contributed by atoms with van der Waals surface area (Å²) in [6.45, 7) is 6.08. The molecule has 0 saturated heterocycles. The molecule has 0 bridgehead atoms. The van der Waals surface area contributed by atoms with Gasteiger partial charge >= 0.3 is 0 Å². The minimum atomic E-state index is 0.567. The lowest BCUT2D eigenvalue weighted by Crippen LogP contribution is -2.22. The van der Waals surface area contributed by atoms with Crippen LogP contribution in [0.2, 0.25) is 0 Å². The Morgan fingerprint density at radius 3 is 2.39 bits per heavy atom. The van der Waals surface area contributed by atoms with Gasteiger partial charge in [0.25, 0.3) is 0 Å². The molecule has 0 unspecified atom stereocenters. The topological polar surface area (TPSA) is 42.1 Å². The van der Waals surface area contributed by atoms with E-state index in [0.29, 0.717) is 5.82 Å². The van der Waals surface area contributed by atoms with Crippen LogP contribution in [-0.2, 0) is 6.54 Å². The van der Waals surface area contributed by atoms with Gasteiger partial charge in [-0.05, 0) is 37.6 Å². The van der Waals surface area contributed by atoms with Gasteiger partial charge in [-0.15, -0.1) is 0 Å². The van der Waals surface area contributed by atoms with E-state index >= 15 is 0 Å². The van der Waals surface area contributed by atoms with E-state index < -0.39 is 0 Å². The number of nitrogens with two attached hydrogens (primary N) is 1. The van der Waals surface area contributed by atoms with Crippen molar-refractivity contribution < 1.29 is 0 Å². The summed E-state index contributed by atoms with van der Waals surface area (Å²) in [4.78, 5) is 6.44. The Morgan fingerprint density at radius 2 is 1.83 bits per heavy atom. The van der Waals surface area contributed by atoms with Crippen LogP contribution in [0.3, 0.4) is 0 Å². The van der Waals surface area contributed by atoms with Crippen LogP contribution in [-0.4, -0.2) is 11.5 Å². The van der Waals surface area contributed by atoms with E-state index in [0.717, 1.165) is 13.1 Å². The SMILES string of the molecule is CCN(Cc1ccc(N)nc1)c1ccc(C)cc1. The predicted molar refractivity (Wildman–Crippen MR) is 76.6 cm³/mol. The third kappa shape index (κ3) is 3.00. The van der Waals surface area contributed by atoms with Crippen LogP contribution in [0.25, 0.3) is 0 Å². The highest BCUT2D eigenvalue weighted by Gasteiger charge is 2.05. The van der Waals surface area contributed by atoms with E-state index in [4.69, 9.17) is 5.73 Å². The first-order chi connectivity index (χ1) is 8.69. The van der Waals surface area contributed by atoms with Gasteiger partial charge in [-0.25, -0.2) is 4.98 Å². The molecule has 1 aromatic heterocycles. The molecule has 0 aliphatic rings. The molecule has 0 amide bonds. The van der Waals surface area contributed by atoms with Crippen LogP contribution in [0.1, 0.15) is 18.1 Å². The van der Waals surface area contributed by atoms with Gasteiger partial charge in [-0.3, -0.25) is 0 Å². The van der Waals surface area contributed by atoms with Crippen LogP contribution < -0.4 is 10.6 Å². The maximum Gasteiger partial charge on any atom is 0.123 e. The first-order valence-electron chi connectivity index (χ1n) is 6.21. The van der Waals surface area contributed by atoms with Crippen molar-refractivity contribution in [3.8, 4) is 0 Å². The highest BCUT2D eigenvalue weighted by Crippen LogP contribution is 2.17. The molecule has 2 aromatic rings. The van der Waals surface area contributed by atoms with Crippen molar-refractivity contribution in [3.05, 3.63) is 53.7 Å². The van der Waals surface area contributed by atoms with Crippen LogP contribution >= 0.6 is 0 Å². The summed E-state index contributed by atoms with van der Waals surface area (Å²) in [5.41, 5.74) is 9.28. The Labute approximate surface area is 108 Å². The van der Waals surface area contributed by atoms with Crippen LogP contribution in [0.4, 0.5) is 11.5 Å². The van der Waals surface area contributed by atoms with Gasteiger partial charge in [0.1, 0.15) is 5.82 Å². The molecule has 0 aliphatic carbocycles. The molecule has 2 rings (SSSR count). The molecule has 94 valence electrons. The first-order valence-corrected chi connectivity index (χ1v) is 6.21. The number of nitrogen functional groups attached to an aromatic ring is 1. The third-order valence-corrected chi connectivity index (χ3v) is 3.00. The monoisotopic (exact) mass is 241 g/mol. The van der Waals surface area contributed by atoms with Crippen molar-refractivity contribution in [2.75, 3.05) is 17.2 Å². The van der Waals surface area contributed by atoms with Crippen molar-refractivity contribution in [2.24, 2.45) is 0 Å². The lowest BCUT2D eigenvalue weighted by molar-refractivity contribution is 0.828. The normalized spacial score (nSPS) is 10.3. The second kappa shape index (κ2) is 5.54. The largest absolute Gasteiger partial charge is 0.384 e. The molecule has 3 nitrogen and oxygen atoms in total. The second-order valence-electron chi connectivity index (χ2n) is 4.44. The average Bonchev–Trinajstić information content (AvgIpc) is 2.39. The van der Waals surface area contributed by atoms with Crippen molar-refractivity contribution in [1.82, 2.24) is 4.98 Å². The zero-order chi connectivity index (χ0) is 13.0. The van der Waals surface area contributed by atoms with E-state index in [-0.39, 0.29) is 0 Å². The summed E-state index contributed by atoms with van der Waals surface area (Å²) in [5.74, 6) is 0.567. The number of hydrogen-bond acceptors (Lipinski definition) is 3. The number of nitrogens with zero attached hydrogens (tertiary/aromatic N) is 2. The number of rotatable bonds is 4. The zero-order valence-electron chi connectivity index (χ0n) is 10.9. The fraction of sp³-hybridized carbons (Fsp3) is 0.267. The number of hydrogen-bond donors (Lipinski definition) is 1. The highest BCUT2D eigenvalue weighted by atomic mass is 15.1. The predicted octanol–water partition coefficient (Wildman–Crippen LogP) is 3.00. The summed E-state index contributed by atoms with van der Waals surface area (Å²) in [7, 11) is 0. The van der Waals surface area contributed by atoms with E-state index in [9.17, 15) is 0 Å². The van der Waals surface area contributed by atoms with Crippen molar-refractivity contribution in [1.29, 1.82) is 0 Å². The zero-order valence-corrected chi connectivity index (χ0v) is 10.9. The molecule has 1 heterocycles. The number of benzene rings is 1. The van der Waals surface area contributed by atoms with Crippen molar-refractivity contribution in [2.45, 2.75) is 20.4 Å². The average molecular weight is 241 g/mol. The summed E-state index contributed by atoms with van der Waals surface area (Å²) in [6.07, 6.45) is 1.84. The molecule has 3 heteroatoms. The minimum absolute atomic E-state index is 0.567. The first kappa shape index (κ1) is 12.4. The summed E-state index contributed by atoms with van der Waals surface area (Å²) in [6, 6.07) is 12.5. The van der Waals surface area contributed by atoms with Gasteiger partial charge in [0.05, 0.1) is 0 Å². The Hall–Kier alpha value is -2.03. The van der Waals surface area contributed by atoms with E-state index in [1.165, 1.54) is 16.8 Å². The molecule has 0 saturated carbocycles. The minimum Gasteiger partial charge on any atom is -0.384 e. The standard InChI is InChI=1S/C15H19N3/c1-3-18(14-7-4-12(2)5-8-14)11-13-6-9-15(16)17-10-13/h4-10H,3,11H2,1-2H3,(H2,16,17). The second-order valence-corrected chi connectivity index (χ2v) is 4.44. The van der Waals surface area contributed by atoms with E-state index in [2.05, 4.69) is 48.0 Å². The fourth-order valence-electron chi connectivity index (χ4n) is 1.89. The molecule has 0 radical (unpaired) electrons. The van der Waals surface area contributed by atoms with Crippen LogP contribution in [0.15, 0.2) is 42.6 Å². The fourth-order valence-corrected chi connectivity index (χ4v) is 1.89. The molecular formula is C15H19N3. The number of aryl methyl sites for hydroxylation is 1. The smallest absolute Gasteiger partial charge is 0.123 e. The Balaban J connectivity index is 2.14. The molecule has 1 aromatic carbocycles. The molecule has 0 atom stereocenters. The van der Waals surface area contributed by atoms with Gasteiger partial charge < -0.3 is 10.6 Å². The molecule has 0 aliphatic heterocycles. The van der Waals surface area contributed by atoms with Crippen LogP contribution in [0.5, 0.6) is 0 Å². The Kier molecular flexibility index (Phi) is 3.82. The van der Waals surface area contributed by atoms with E-state index in [1.54, 1.807) is 0 Å². The maximum atomic E-state index is 5.59. The Morgan fingerprint density at radius 1 is 1.11 bits per heavy atom. The van der Waals surface area contributed by atoms with Gasteiger partial charge in [-0.1, -0.05) is 23.8 Å².